The van der Waals surface area contributed by atoms with Crippen LogP contribution in [0.3, 0.4) is 0 Å². The predicted molar refractivity (Wildman–Crippen MR) is 114 cm³/mol. The van der Waals surface area contributed by atoms with Gasteiger partial charge >= 0.3 is 0 Å². The lowest BCUT2D eigenvalue weighted by Crippen LogP contribution is -2.42. The predicted octanol–water partition coefficient (Wildman–Crippen LogP) is 4.97. The average molecular weight is 379 g/mol. The second-order valence-electron chi connectivity index (χ2n) is 8.18. The van der Waals surface area contributed by atoms with Gasteiger partial charge in [0.2, 0.25) is 0 Å². The van der Waals surface area contributed by atoms with Crippen LogP contribution >= 0.6 is 11.3 Å². The molecule has 27 heavy (non-hydrogen) atoms. The summed E-state index contributed by atoms with van der Waals surface area (Å²) >= 11 is 1.81. The Hall–Kier alpha value is -2.14. The topological polar surface area (TPSA) is 41.0 Å². The van der Waals surface area contributed by atoms with Gasteiger partial charge < -0.3 is 10.2 Å². The number of aromatic nitrogens is 2. The van der Waals surface area contributed by atoms with E-state index in [4.69, 9.17) is 0 Å². The zero-order valence-corrected chi connectivity index (χ0v) is 16.6. The molecule has 2 fully saturated rings. The van der Waals surface area contributed by atoms with Crippen LogP contribution in [0.15, 0.2) is 42.7 Å². The molecule has 1 saturated heterocycles. The highest BCUT2D eigenvalue weighted by molar-refractivity contribution is 7.18. The van der Waals surface area contributed by atoms with Gasteiger partial charge in [-0.3, -0.25) is 0 Å². The Bertz CT molecular complexity index is 930. The van der Waals surface area contributed by atoms with Gasteiger partial charge in [0.25, 0.3) is 0 Å². The molecule has 4 nitrogen and oxygen atoms in total. The van der Waals surface area contributed by atoms with Crippen LogP contribution in [0, 0.1) is 11.3 Å². The summed E-state index contributed by atoms with van der Waals surface area (Å²) in [6.07, 6.45) is 6.78. The van der Waals surface area contributed by atoms with Crippen LogP contribution in [-0.2, 0) is 6.42 Å². The summed E-state index contributed by atoms with van der Waals surface area (Å²) < 4.78 is 0. The molecule has 0 radical (unpaired) electrons. The summed E-state index contributed by atoms with van der Waals surface area (Å²) in [6, 6.07) is 12.9. The van der Waals surface area contributed by atoms with Crippen molar-refractivity contribution in [2.24, 2.45) is 11.3 Å². The first kappa shape index (κ1) is 17.0. The van der Waals surface area contributed by atoms with Crippen LogP contribution in [-0.4, -0.2) is 29.6 Å². The number of rotatable bonds is 5. The van der Waals surface area contributed by atoms with E-state index >= 15 is 0 Å². The van der Waals surface area contributed by atoms with E-state index in [1.165, 1.54) is 35.2 Å². The maximum Gasteiger partial charge on any atom is 0.140 e. The number of para-hydroxylation sites is 1. The molecular formula is C22H26N4S. The van der Waals surface area contributed by atoms with E-state index < -0.39 is 0 Å². The van der Waals surface area contributed by atoms with Gasteiger partial charge in [0.05, 0.1) is 5.39 Å². The summed E-state index contributed by atoms with van der Waals surface area (Å²) in [7, 11) is 0. The van der Waals surface area contributed by atoms with Crippen LogP contribution in [0.2, 0.25) is 0 Å². The van der Waals surface area contributed by atoms with Gasteiger partial charge in [-0.05, 0) is 55.2 Å². The maximum atomic E-state index is 4.66. The van der Waals surface area contributed by atoms with Crippen molar-refractivity contribution < 1.29 is 0 Å². The van der Waals surface area contributed by atoms with Crippen LogP contribution in [0.25, 0.3) is 10.2 Å². The minimum absolute atomic E-state index is 0.504. The number of nitrogens with zero attached hydrogens (tertiary/aromatic N) is 3. The molecule has 0 atom stereocenters. The Morgan fingerprint density at radius 2 is 2.07 bits per heavy atom. The summed E-state index contributed by atoms with van der Waals surface area (Å²) in [4.78, 5) is 14.2. The molecule has 1 aliphatic heterocycles. The minimum Gasteiger partial charge on any atom is -0.385 e. The number of fused-ring (bicyclic) bond motifs is 1. The number of thiophene rings is 1. The number of anilines is 2. The zero-order valence-electron chi connectivity index (χ0n) is 15.8. The third-order valence-electron chi connectivity index (χ3n) is 6.26. The Kier molecular flexibility index (Phi) is 4.27. The standard InChI is InChI=1S/C22H26N4S/c1-2-18-10-19-20(24-15-25-21(19)27-18)26-9-8-22(14-26)11-16(12-22)13-23-17-6-4-3-5-7-17/h3-7,10,15-16,23H,2,8-9,11-14H2,1H3. The van der Waals surface area contributed by atoms with E-state index in [-0.39, 0.29) is 0 Å². The van der Waals surface area contributed by atoms with Crippen LogP contribution in [0.4, 0.5) is 11.5 Å². The molecule has 1 aromatic carbocycles. The highest BCUT2D eigenvalue weighted by atomic mass is 32.1. The molecule has 5 rings (SSSR count). The molecule has 5 heteroatoms. The van der Waals surface area contributed by atoms with Gasteiger partial charge in [0, 0.05) is 30.2 Å². The lowest BCUT2D eigenvalue weighted by Gasteiger charge is -2.45. The van der Waals surface area contributed by atoms with Gasteiger partial charge in [-0.15, -0.1) is 11.3 Å². The molecular weight excluding hydrogens is 352 g/mol. The minimum atomic E-state index is 0.504. The lowest BCUT2D eigenvalue weighted by atomic mass is 9.61. The first-order valence-electron chi connectivity index (χ1n) is 10.0. The van der Waals surface area contributed by atoms with Crippen molar-refractivity contribution in [3.8, 4) is 0 Å². The molecule has 0 bridgehead atoms. The second-order valence-corrected chi connectivity index (χ2v) is 9.29. The number of aryl methyl sites for hydroxylation is 1. The molecule has 3 aromatic rings. The van der Waals surface area contributed by atoms with E-state index in [9.17, 15) is 0 Å². The maximum absolute atomic E-state index is 4.66. The molecule has 140 valence electrons. The van der Waals surface area contributed by atoms with Gasteiger partial charge in [-0.25, -0.2) is 9.97 Å². The van der Waals surface area contributed by atoms with E-state index in [0.29, 0.717) is 5.41 Å². The summed E-state index contributed by atoms with van der Waals surface area (Å²) in [5.41, 5.74) is 1.74. The van der Waals surface area contributed by atoms with Crippen LogP contribution in [0.5, 0.6) is 0 Å². The number of hydrogen-bond donors (Lipinski definition) is 1. The molecule has 1 N–H and O–H groups in total. The molecule has 0 unspecified atom stereocenters. The first-order chi connectivity index (χ1) is 13.2. The van der Waals surface area contributed by atoms with Crippen molar-refractivity contribution in [3.63, 3.8) is 0 Å². The number of hydrogen-bond acceptors (Lipinski definition) is 5. The van der Waals surface area contributed by atoms with Crippen molar-refractivity contribution in [1.82, 2.24) is 9.97 Å². The fraction of sp³-hybridized carbons (Fsp3) is 0.455. The summed E-state index contributed by atoms with van der Waals surface area (Å²) in [5, 5.41) is 4.84. The monoisotopic (exact) mass is 378 g/mol. The van der Waals surface area contributed by atoms with Gasteiger partial charge in [0.15, 0.2) is 0 Å². The molecule has 0 amide bonds. The quantitative estimate of drug-likeness (QED) is 0.680. The van der Waals surface area contributed by atoms with Gasteiger partial charge in [-0.2, -0.15) is 0 Å². The van der Waals surface area contributed by atoms with Crippen LogP contribution in [0.1, 0.15) is 31.1 Å². The fourth-order valence-corrected chi connectivity index (χ4v) is 5.83. The number of benzene rings is 1. The number of nitrogens with one attached hydrogen (secondary N) is 1. The zero-order chi connectivity index (χ0) is 18.3. The van der Waals surface area contributed by atoms with Gasteiger partial charge in [-0.1, -0.05) is 25.1 Å². The normalized spacial score (nSPS) is 24.5. The van der Waals surface area contributed by atoms with Crippen molar-refractivity contribution in [1.29, 1.82) is 0 Å². The molecule has 1 spiro atoms. The first-order valence-corrected chi connectivity index (χ1v) is 10.8. The van der Waals surface area contributed by atoms with E-state index in [1.54, 1.807) is 6.33 Å². The highest BCUT2D eigenvalue weighted by Gasteiger charge is 2.48. The Labute approximate surface area is 164 Å². The molecule has 1 saturated carbocycles. The third kappa shape index (κ3) is 3.18. The fourth-order valence-electron chi connectivity index (χ4n) is 4.90. The van der Waals surface area contributed by atoms with E-state index in [2.05, 4.69) is 63.5 Å². The highest BCUT2D eigenvalue weighted by Crippen LogP contribution is 2.52. The molecule has 2 aliphatic rings. The lowest BCUT2D eigenvalue weighted by molar-refractivity contribution is 0.0874. The van der Waals surface area contributed by atoms with Crippen molar-refractivity contribution >= 4 is 33.1 Å². The Morgan fingerprint density at radius 3 is 2.89 bits per heavy atom. The van der Waals surface area contributed by atoms with Crippen molar-refractivity contribution in [2.45, 2.75) is 32.6 Å². The van der Waals surface area contributed by atoms with Gasteiger partial charge in [0.1, 0.15) is 17.0 Å². The van der Waals surface area contributed by atoms with E-state index in [0.717, 1.165) is 42.6 Å². The molecule has 3 heterocycles. The SMILES string of the molecule is CCc1cc2c(N3CCC4(CC(CNc5ccccc5)C4)C3)ncnc2s1. The summed E-state index contributed by atoms with van der Waals surface area (Å²) in [6.45, 7) is 5.58. The molecule has 2 aromatic heterocycles. The van der Waals surface area contributed by atoms with Crippen LogP contribution < -0.4 is 10.2 Å². The smallest absolute Gasteiger partial charge is 0.140 e. The second kappa shape index (κ2) is 6.79. The van der Waals surface area contributed by atoms with Crippen molar-refractivity contribution in [2.75, 3.05) is 29.9 Å². The average Bonchev–Trinajstić information content (AvgIpc) is 3.30. The largest absolute Gasteiger partial charge is 0.385 e. The molecule has 1 aliphatic carbocycles. The van der Waals surface area contributed by atoms with Crippen molar-refractivity contribution in [3.05, 3.63) is 47.6 Å². The van der Waals surface area contributed by atoms with E-state index in [1.807, 2.05) is 11.3 Å². The third-order valence-corrected chi connectivity index (χ3v) is 7.45. The Balaban J connectivity index is 1.23. The summed E-state index contributed by atoms with van der Waals surface area (Å²) in [5.74, 6) is 1.95. The Morgan fingerprint density at radius 1 is 1.22 bits per heavy atom.